The number of carbonyl (C=O) groups is 2. The molecule has 2 aromatic rings. The van der Waals surface area contributed by atoms with Gasteiger partial charge in [0.15, 0.2) is 0 Å². The minimum atomic E-state index is -0.599. The van der Waals surface area contributed by atoms with E-state index in [4.69, 9.17) is 4.74 Å². The number of esters is 1. The van der Waals surface area contributed by atoms with Crippen LogP contribution < -0.4 is 9.64 Å². The number of fused-ring (bicyclic) bond motifs is 1. The SMILES string of the molecule is COC(=O)c1ccc(CN(C(=O)N2CCSCC2)c2ccc3c(c2)CCO3)c(F)c1. The maximum Gasteiger partial charge on any atom is 0.337 e. The summed E-state index contributed by atoms with van der Waals surface area (Å²) in [6.07, 6.45) is 0.785. The van der Waals surface area contributed by atoms with Crippen LogP contribution in [0, 0.1) is 5.82 Å². The minimum Gasteiger partial charge on any atom is -0.493 e. The molecule has 0 aromatic heterocycles. The van der Waals surface area contributed by atoms with Crippen molar-refractivity contribution >= 4 is 29.4 Å². The largest absolute Gasteiger partial charge is 0.493 e. The Balaban J connectivity index is 1.65. The molecule has 0 spiro atoms. The van der Waals surface area contributed by atoms with Gasteiger partial charge in [-0.25, -0.2) is 14.0 Å². The summed E-state index contributed by atoms with van der Waals surface area (Å²) >= 11 is 1.82. The lowest BCUT2D eigenvalue weighted by molar-refractivity contribution is 0.0600. The number of nitrogens with zero attached hydrogens (tertiary/aromatic N) is 2. The molecule has 30 heavy (non-hydrogen) atoms. The molecule has 0 aliphatic carbocycles. The molecule has 1 saturated heterocycles. The van der Waals surface area contributed by atoms with Gasteiger partial charge in [-0.1, -0.05) is 6.07 Å². The first-order valence-corrected chi connectivity index (χ1v) is 11.0. The molecule has 0 atom stereocenters. The van der Waals surface area contributed by atoms with Crippen molar-refractivity contribution in [2.24, 2.45) is 0 Å². The van der Waals surface area contributed by atoms with Crippen molar-refractivity contribution in [3.8, 4) is 5.75 Å². The third-order valence-corrected chi connectivity index (χ3v) is 6.24. The number of urea groups is 1. The molecule has 158 valence electrons. The fourth-order valence-electron chi connectivity index (χ4n) is 3.63. The second-order valence-corrected chi connectivity index (χ2v) is 8.38. The third-order valence-electron chi connectivity index (χ3n) is 5.30. The zero-order valence-electron chi connectivity index (χ0n) is 16.7. The molecule has 2 heterocycles. The number of anilines is 1. The summed E-state index contributed by atoms with van der Waals surface area (Å²) in [6.45, 7) is 2.02. The van der Waals surface area contributed by atoms with Gasteiger partial charge < -0.3 is 14.4 Å². The Bertz CT molecular complexity index is 962. The number of hydrogen-bond acceptors (Lipinski definition) is 5. The predicted molar refractivity (Wildman–Crippen MR) is 114 cm³/mol. The van der Waals surface area contributed by atoms with Crippen molar-refractivity contribution in [2.45, 2.75) is 13.0 Å². The maximum atomic E-state index is 14.8. The van der Waals surface area contributed by atoms with Gasteiger partial charge in [-0.3, -0.25) is 4.90 Å². The topological polar surface area (TPSA) is 59.1 Å². The lowest BCUT2D eigenvalue weighted by atomic mass is 10.1. The molecule has 1 fully saturated rings. The highest BCUT2D eigenvalue weighted by Crippen LogP contribution is 2.31. The van der Waals surface area contributed by atoms with Crippen LogP contribution >= 0.6 is 11.8 Å². The second kappa shape index (κ2) is 8.95. The molecular formula is C22H23FN2O4S. The molecule has 0 bridgehead atoms. The van der Waals surface area contributed by atoms with Crippen LogP contribution in [-0.2, 0) is 17.7 Å². The quantitative estimate of drug-likeness (QED) is 0.692. The Morgan fingerprint density at radius 1 is 1.20 bits per heavy atom. The lowest BCUT2D eigenvalue weighted by Crippen LogP contribution is -2.46. The Kier molecular flexibility index (Phi) is 6.13. The van der Waals surface area contributed by atoms with Gasteiger partial charge >= 0.3 is 12.0 Å². The molecule has 6 nitrogen and oxygen atoms in total. The van der Waals surface area contributed by atoms with E-state index in [9.17, 15) is 14.0 Å². The Morgan fingerprint density at radius 3 is 2.73 bits per heavy atom. The first-order chi connectivity index (χ1) is 14.6. The molecule has 8 heteroatoms. The molecule has 2 aliphatic heterocycles. The van der Waals surface area contributed by atoms with E-state index >= 15 is 0 Å². The normalized spacial score (nSPS) is 15.3. The van der Waals surface area contributed by atoms with Crippen molar-refractivity contribution < 1.29 is 23.5 Å². The number of benzene rings is 2. The van der Waals surface area contributed by atoms with E-state index in [1.807, 2.05) is 30.0 Å². The van der Waals surface area contributed by atoms with Crippen molar-refractivity contribution in [1.29, 1.82) is 0 Å². The number of methoxy groups -OCH3 is 1. The van der Waals surface area contributed by atoms with Crippen molar-refractivity contribution in [3.05, 3.63) is 58.9 Å². The molecule has 0 unspecified atom stereocenters. The van der Waals surface area contributed by atoms with Crippen molar-refractivity contribution in [2.75, 3.05) is 43.2 Å². The number of halogens is 1. The number of ether oxygens (including phenoxy) is 2. The van der Waals surface area contributed by atoms with Gasteiger partial charge in [0, 0.05) is 42.3 Å². The van der Waals surface area contributed by atoms with E-state index < -0.39 is 11.8 Å². The Labute approximate surface area is 178 Å². The molecule has 2 aromatic carbocycles. The standard InChI is InChI=1S/C22H23FN2O4S/c1-28-21(26)16-2-3-17(19(23)13-16)14-25(22(27)24-7-10-30-11-8-24)18-4-5-20-15(12-18)6-9-29-20/h2-5,12-13H,6-11,14H2,1H3. The van der Waals surface area contributed by atoms with E-state index in [1.165, 1.54) is 19.2 Å². The van der Waals surface area contributed by atoms with Gasteiger partial charge in [0.1, 0.15) is 11.6 Å². The van der Waals surface area contributed by atoms with E-state index in [-0.39, 0.29) is 18.1 Å². The van der Waals surface area contributed by atoms with Crippen LogP contribution in [0.4, 0.5) is 14.9 Å². The molecule has 4 rings (SSSR count). The molecule has 0 saturated carbocycles. The number of hydrogen-bond donors (Lipinski definition) is 0. The second-order valence-electron chi connectivity index (χ2n) is 7.16. The molecular weight excluding hydrogens is 407 g/mol. The van der Waals surface area contributed by atoms with Crippen molar-refractivity contribution in [3.63, 3.8) is 0 Å². The van der Waals surface area contributed by atoms with Gasteiger partial charge in [-0.15, -0.1) is 0 Å². The number of thioether (sulfide) groups is 1. The molecule has 0 N–H and O–H groups in total. The maximum absolute atomic E-state index is 14.8. The fourth-order valence-corrected chi connectivity index (χ4v) is 4.53. The summed E-state index contributed by atoms with van der Waals surface area (Å²) in [5.74, 6) is 1.46. The average molecular weight is 431 g/mol. The Morgan fingerprint density at radius 2 is 2.00 bits per heavy atom. The van der Waals surface area contributed by atoms with Gasteiger partial charge in [-0.05, 0) is 35.9 Å². The highest BCUT2D eigenvalue weighted by molar-refractivity contribution is 7.99. The average Bonchev–Trinajstić information content (AvgIpc) is 3.25. The van der Waals surface area contributed by atoms with Crippen LogP contribution in [0.15, 0.2) is 36.4 Å². The van der Waals surface area contributed by atoms with Crippen LogP contribution in [0.5, 0.6) is 5.75 Å². The highest BCUT2D eigenvalue weighted by Gasteiger charge is 2.26. The number of amides is 2. The van der Waals surface area contributed by atoms with Gasteiger partial charge in [0.25, 0.3) is 0 Å². The molecule has 0 radical (unpaired) electrons. The van der Waals surface area contributed by atoms with Crippen LogP contribution in [0.1, 0.15) is 21.5 Å². The molecule has 2 amide bonds. The summed E-state index contributed by atoms with van der Waals surface area (Å²) in [7, 11) is 1.25. The zero-order valence-corrected chi connectivity index (χ0v) is 17.5. The van der Waals surface area contributed by atoms with E-state index in [2.05, 4.69) is 4.74 Å². The predicted octanol–water partition coefficient (Wildman–Crippen LogP) is 3.72. The van der Waals surface area contributed by atoms with E-state index in [1.54, 1.807) is 9.80 Å². The van der Waals surface area contributed by atoms with E-state index in [0.717, 1.165) is 35.3 Å². The monoisotopic (exact) mass is 430 g/mol. The fraction of sp³-hybridized carbons (Fsp3) is 0.364. The summed E-state index contributed by atoms with van der Waals surface area (Å²) < 4.78 is 25.0. The van der Waals surface area contributed by atoms with Crippen LogP contribution in [0.2, 0.25) is 0 Å². The summed E-state index contributed by atoms with van der Waals surface area (Å²) in [5, 5.41) is 0. The lowest BCUT2D eigenvalue weighted by Gasteiger charge is -2.33. The van der Waals surface area contributed by atoms with Crippen LogP contribution in [-0.4, -0.2) is 55.2 Å². The molecule has 2 aliphatic rings. The van der Waals surface area contributed by atoms with Gasteiger partial charge in [0.05, 0.1) is 25.8 Å². The summed E-state index contributed by atoms with van der Waals surface area (Å²) in [6, 6.07) is 9.69. The first kappa shape index (κ1) is 20.5. The Hall–Kier alpha value is -2.74. The van der Waals surface area contributed by atoms with Gasteiger partial charge in [0.2, 0.25) is 0 Å². The summed E-state index contributed by atoms with van der Waals surface area (Å²) in [5.41, 5.74) is 2.22. The number of rotatable bonds is 4. The van der Waals surface area contributed by atoms with Crippen LogP contribution in [0.3, 0.4) is 0 Å². The zero-order chi connectivity index (χ0) is 21.1. The highest BCUT2D eigenvalue weighted by atomic mass is 32.2. The van der Waals surface area contributed by atoms with E-state index in [0.29, 0.717) is 30.9 Å². The summed E-state index contributed by atoms with van der Waals surface area (Å²) in [4.78, 5) is 28.4. The third kappa shape index (κ3) is 4.23. The first-order valence-electron chi connectivity index (χ1n) is 9.83. The van der Waals surface area contributed by atoms with Crippen molar-refractivity contribution in [1.82, 2.24) is 4.90 Å². The van der Waals surface area contributed by atoms with Crippen LogP contribution in [0.25, 0.3) is 0 Å². The smallest absolute Gasteiger partial charge is 0.337 e. The number of carbonyl (C=O) groups excluding carboxylic acids is 2. The van der Waals surface area contributed by atoms with Gasteiger partial charge in [-0.2, -0.15) is 11.8 Å². The minimum absolute atomic E-state index is 0.0649.